The molecule has 0 bridgehead atoms. The molecule has 57 heavy (non-hydrogen) atoms. The molecular formula is C50H40GeIrN4O-2. The van der Waals surface area contributed by atoms with E-state index in [0.29, 0.717) is 5.71 Å². The molecule has 0 N–H and O–H groups in total. The number of nitrogens with zero attached hydrogens (tertiary/aromatic N) is 4. The van der Waals surface area contributed by atoms with Crippen molar-refractivity contribution in [2.75, 3.05) is 0 Å². The first-order valence-corrected chi connectivity index (χ1v) is 26.4. The molecule has 0 amide bonds. The minimum atomic E-state index is -1.80. The first-order chi connectivity index (χ1) is 27.4. The van der Waals surface area contributed by atoms with Gasteiger partial charge in [-0.15, -0.1) is 18.2 Å². The van der Waals surface area contributed by atoms with E-state index in [2.05, 4.69) is 143 Å². The van der Waals surface area contributed by atoms with Crippen LogP contribution in [0.5, 0.6) is 0 Å². The Morgan fingerprint density at radius 3 is 2.18 bits per heavy atom. The number of pyridine rings is 2. The van der Waals surface area contributed by atoms with E-state index in [-0.39, 0.29) is 20.1 Å². The molecule has 5 nitrogen and oxygen atoms in total. The fraction of sp³-hybridized carbons (Fsp3) is 0.100. The van der Waals surface area contributed by atoms with E-state index in [0.717, 1.165) is 78.8 Å². The van der Waals surface area contributed by atoms with Crippen LogP contribution in [0.2, 0.25) is 17.3 Å². The van der Waals surface area contributed by atoms with E-state index in [9.17, 15) is 0 Å². The maximum absolute atomic E-state index is 6.48. The Hall–Kier alpha value is -5.66. The third-order valence-corrected chi connectivity index (χ3v) is 14.6. The number of aromatic nitrogens is 4. The topological polar surface area (TPSA) is 56.7 Å². The van der Waals surface area contributed by atoms with Crippen molar-refractivity contribution in [3.63, 3.8) is 0 Å². The molecule has 0 aliphatic heterocycles. The number of imidazole rings is 1. The Kier molecular flexibility index (Phi) is 10.8. The number of furan rings is 1. The quantitative estimate of drug-likeness (QED) is 0.123. The average molecular weight is 978 g/mol. The molecule has 1 radical (unpaired) electrons. The van der Waals surface area contributed by atoms with Crippen LogP contribution in [-0.4, -0.2) is 32.8 Å². The summed E-state index contributed by atoms with van der Waals surface area (Å²) < 4.78 is 10.2. The number of hydrogen-bond donors (Lipinski definition) is 0. The SMILES string of the molecule is CCc1cc(-c2[c-]cccc2)nc[c]1[Ge]([CH3])([CH3])[CH3].[Ir].[c-]1ccc2c(oc3nc(-c4ccccc4)ccc32)c1-c1nc2ccc3ccccc3c2n1-c1ccccc1. The van der Waals surface area contributed by atoms with Crippen molar-refractivity contribution in [1.29, 1.82) is 0 Å². The zero-order valence-electron chi connectivity index (χ0n) is 32.2. The summed E-state index contributed by atoms with van der Waals surface area (Å²) in [6.45, 7) is 2.23. The largest absolute Gasteiger partial charge is 0.486 e. The molecule has 4 heterocycles. The second-order valence-corrected chi connectivity index (χ2v) is 25.6. The summed E-state index contributed by atoms with van der Waals surface area (Å²) in [6.07, 6.45) is 3.19. The molecule has 7 heteroatoms. The molecule has 0 aliphatic rings. The summed E-state index contributed by atoms with van der Waals surface area (Å²) in [7, 11) is 0. The predicted octanol–water partition coefficient (Wildman–Crippen LogP) is 12.3. The van der Waals surface area contributed by atoms with Gasteiger partial charge < -0.3 is 8.98 Å². The minimum Gasteiger partial charge on any atom is -0.486 e. The van der Waals surface area contributed by atoms with Crippen LogP contribution in [0.25, 0.3) is 83.5 Å². The molecule has 0 saturated carbocycles. The van der Waals surface area contributed by atoms with Gasteiger partial charge in [-0.3, -0.25) is 4.98 Å². The smallest absolute Gasteiger partial charge is 0.216 e. The summed E-state index contributed by atoms with van der Waals surface area (Å²) in [5, 5.41) is 4.30. The maximum Gasteiger partial charge on any atom is 0.216 e. The van der Waals surface area contributed by atoms with Gasteiger partial charge >= 0.3 is 113 Å². The molecule has 281 valence electrons. The van der Waals surface area contributed by atoms with Crippen molar-refractivity contribution < 1.29 is 24.5 Å². The van der Waals surface area contributed by atoms with Gasteiger partial charge in [-0.05, 0) is 35.7 Å². The number of benzene rings is 6. The summed E-state index contributed by atoms with van der Waals surface area (Å²) in [4.78, 5) is 14.7. The zero-order chi connectivity index (χ0) is 38.2. The van der Waals surface area contributed by atoms with Gasteiger partial charge in [0, 0.05) is 42.1 Å². The summed E-state index contributed by atoms with van der Waals surface area (Å²) in [5.74, 6) is 8.05. The minimum absolute atomic E-state index is 0. The summed E-state index contributed by atoms with van der Waals surface area (Å²) in [5.41, 5.74) is 10.7. The number of hydrogen-bond acceptors (Lipinski definition) is 4. The molecule has 0 atom stereocenters. The average Bonchev–Trinajstić information content (AvgIpc) is 3.83. The van der Waals surface area contributed by atoms with Crippen LogP contribution in [0.3, 0.4) is 0 Å². The van der Waals surface area contributed by atoms with Crippen LogP contribution < -0.4 is 4.40 Å². The number of aryl methyl sites for hydroxylation is 1. The summed E-state index contributed by atoms with van der Waals surface area (Å²) in [6, 6.07) is 58.3. The van der Waals surface area contributed by atoms with Crippen molar-refractivity contribution in [1.82, 2.24) is 19.5 Å². The van der Waals surface area contributed by atoms with E-state index >= 15 is 0 Å². The second-order valence-electron chi connectivity index (χ2n) is 15.0. The number of para-hydroxylation sites is 1. The van der Waals surface area contributed by atoms with E-state index < -0.39 is 13.3 Å². The molecule has 6 aromatic carbocycles. The Balaban J connectivity index is 0.000000203. The van der Waals surface area contributed by atoms with Crippen LogP contribution in [0, 0.1) is 12.1 Å². The predicted molar refractivity (Wildman–Crippen MR) is 234 cm³/mol. The molecule has 4 aromatic heterocycles. The molecule has 0 aliphatic carbocycles. The van der Waals surface area contributed by atoms with Crippen LogP contribution in [-0.2, 0) is 26.5 Å². The molecule has 10 rings (SSSR count). The third kappa shape index (κ3) is 7.37. The fourth-order valence-electron chi connectivity index (χ4n) is 7.56. The molecule has 0 unspecified atom stereocenters. The van der Waals surface area contributed by atoms with Gasteiger partial charge in [-0.25, -0.2) is 4.98 Å². The van der Waals surface area contributed by atoms with Gasteiger partial charge in [-0.1, -0.05) is 89.8 Å². The zero-order valence-corrected chi connectivity index (χ0v) is 36.7. The van der Waals surface area contributed by atoms with E-state index in [1.165, 1.54) is 15.3 Å². The van der Waals surface area contributed by atoms with E-state index in [4.69, 9.17) is 14.4 Å². The maximum atomic E-state index is 6.48. The second kappa shape index (κ2) is 16.1. The molecular weight excluding hydrogens is 937 g/mol. The van der Waals surface area contributed by atoms with Crippen molar-refractivity contribution >= 4 is 61.5 Å². The van der Waals surface area contributed by atoms with Gasteiger partial charge in [0.2, 0.25) is 5.71 Å². The third-order valence-electron chi connectivity index (χ3n) is 10.3. The fourth-order valence-corrected chi connectivity index (χ4v) is 11.0. The monoisotopic (exact) mass is 979 g/mol. The standard InChI is InChI=1S/C34H20N3O.C16H20GeN.Ir/c1-3-11-23(12-4-1)29-21-19-27-26-16-9-17-28(32(26)38-34(27)36-29)33-35-30-20-18-22-10-7-8-15-25(22)31(30)37(33)24-13-5-2-6-14-24;1-5-13-11-16(14-9-7-6-8-10-14)18-12-15(13)17(2,3)4;/h1-16,18-21H;6-9,11-12H,5H2,1-4H3;/q2*-1;. The van der Waals surface area contributed by atoms with Crippen LogP contribution in [0.4, 0.5) is 0 Å². The van der Waals surface area contributed by atoms with Gasteiger partial charge in [0.1, 0.15) is 0 Å². The van der Waals surface area contributed by atoms with Gasteiger partial charge in [0.15, 0.2) is 0 Å². The van der Waals surface area contributed by atoms with Gasteiger partial charge in [0.05, 0.1) is 28.1 Å². The number of fused-ring (bicyclic) bond motifs is 6. The van der Waals surface area contributed by atoms with Crippen LogP contribution >= 0.6 is 0 Å². The number of rotatable bonds is 6. The molecule has 10 aromatic rings. The Morgan fingerprint density at radius 1 is 0.667 bits per heavy atom. The van der Waals surface area contributed by atoms with Crippen LogP contribution in [0.1, 0.15) is 12.5 Å². The van der Waals surface area contributed by atoms with Crippen molar-refractivity contribution in [3.8, 4) is 39.6 Å². The summed E-state index contributed by atoms with van der Waals surface area (Å²) >= 11 is -1.80. The van der Waals surface area contributed by atoms with Crippen molar-refractivity contribution in [2.24, 2.45) is 0 Å². The van der Waals surface area contributed by atoms with Crippen molar-refractivity contribution in [2.45, 2.75) is 30.6 Å². The normalized spacial score (nSPS) is 11.4. The first-order valence-electron chi connectivity index (χ1n) is 19.1. The van der Waals surface area contributed by atoms with Gasteiger partial charge in [-0.2, -0.15) is 0 Å². The van der Waals surface area contributed by atoms with Crippen LogP contribution in [0.15, 0.2) is 162 Å². The Labute approximate surface area is 349 Å². The molecule has 0 spiro atoms. The van der Waals surface area contributed by atoms with E-state index in [1.807, 2.05) is 60.7 Å². The first kappa shape index (κ1) is 38.2. The molecule has 0 saturated heterocycles. The molecule has 0 fully saturated rings. The van der Waals surface area contributed by atoms with E-state index in [1.54, 1.807) is 0 Å². The Morgan fingerprint density at radius 2 is 1.42 bits per heavy atom. The Bertz CT molecular complexity index is 2990. The van der Waals surface area contributed by atoms with Crippen molar-refractivity contribution in [3.05, 3.63) is 176 Å². The van der Waals surface area contributed by atoms with Gasteiger partial charge in [0.25, 0.3) is 0 Å².